The Morgan fingerprint density at radius 2 is 2.52 bits per heavy atom. The van der Waals surface area contributed by atoms with Crippen molar-refractivity contribution in [1.82, 2.24) is 25.3 Å². The summed E-state index contributed by atoms with van der Waals surface area (Å²) in [6, 6.07) is 2.03. The van der Waals surface area contributed by atoms with Crippen molar-refractivity contribution >= 4 is 5.91 Å². The quantitative estimate of drug-likeness (QED) is 0.831. The lowest BCUT2D eigenvalue weighted by molar-refractivity contribution is -0.127. The third-order valence-corrected chi connectivity index (χ3v) is 3.79. The van der Waals surface area contributed by atoms with Crippen LogP contribution in [0, 0.1) is 0 Å². The molecule has 2 N–H and O–H groups in total. The molecule has 1 atom stereocenters. The second-order valence-electron chi connectivity index (χ2n) is 5.32. The summed E-state index contributed by atoms with van der Waals surface area (Å²) in [5.41, 5.74) is 3.33. The number of H-pyrrole nitrogens is 1. The van der Waals surface area contributed by atoms with E-state index in [0.29, 0.717) is 6.61 Å². The number of aromatic nitrogens is 4. The minimum atomic E-state index is -0.0786. The van der Waals surface area contributed by atoms with Crippen LogP contribution in [0.1, 0.15) is 23.4 Å². The smallest absolute Gasteiger partial charge is 0.246 e. The van der Waals surface area contributed by atoms with Gasteiger partial charge in [-0.15, -0.1) is 0 Å². The van der Waals surface area contributed by atoms with Gasteiger partial charge in [-0.25, -0.2) is 0 Å². The van der Waals surface area contributed by atoms with Gasteiger partial charge in [0.25, 0.3) is 0 Å². The zero-order valence-corrected chi connectivity index (χ0v) is 12.0. The van der Waals surface area contributed by atoms with Crippen LogP contribution >= 0.6 is 0 Å². The molecule has 1 aliphatic rings. The van der Waals surface area contributed by atoms with E-state index in [1.807, 2.05) is 19.3 Å². The normalized spacial score (nSPS) is 17.5. The summed E-state index contributed by atoms with van der Waals surface area (Å²) >= 11 is 0. The van der Waals surface area contributed by atoms with Crippen molar-refractivity contribution in [2.45, 2.75) is 31.9 Å². The molecule has 0 spiro atoms. The molecule has 0 aromatic carbocycles. The largest absolute Gasteiger partial charge is 0.365 e. The number of carbonyl (C=O) groups excluding carboxylic acids is 1. The standard InChI is InChI=1S/C14H19N5O2/c1-19-12(4-5-16-19)8-21-9-14(20)17-11-3-2-10-7-15-18-13(10)6-11/h4-5,7,11H,2-3,6,8-9H2,1H3,(H,15,18)(H,17,20). The number of carbonyl (C=O) groups is 1. The molecule has 0 radical (unpaired) electrons. The van der Waals surface area contributed by atoms with E-state index in [1.54, 1.807) is 10.9 Å². The number of aromatic amines is 1. The summed E-state index contributed by atoms with van der Waals surface area (Å²) in [6.07, 6.45) is 6.28. The molecule has 0 saturated carbocycles. The maximum Gasteiger partial charge on any atom is 0.246 e. The number of rotatable bonds is 5. The van der Waals surface area contributed by atoms with Gasteiger partial charge in [0.15, 0.2) is 0 Å². The lowest BCUT2D eigenvalue weighted by Gasteiger charge is -2.22. The fourth-order valence-corrected chi connectivity index (χ4v) is 2.59. The summed E-state index contributed by atoms with van der Waals surface area (Å²) < 4.78 is 7.16. The minimum Gasteiger partial charge on any atom is -0.365 e. The predicted molar refractivity (Wildman–Crippen MR) is 75.4 cm³/mol. The Morgan fingerprint density at radius 1 is 1.62 bits per heavy atom. The van der Waals surface area contributed by atoms with E-state index in [9.17, 15) is 4.79 Å². The van der Waals surface area contributed by atoms with Gasteiger partial charge in [-0.05, 0) is 24.5 Å². The SMILES string of the molecule is Cn1nccc1COCC(=O)NC1CCc2cn[nH]c2C1. The van der Waals surface area contributed by atoms with Crippen molar-refractivity contribution in [1.29, 1.82) is 0 Å². The Bertz CT molecular complexity index is 618. The molecule has 2 heterocycles. The van der Waals surface area contributed by atoms with Gasteiger partial charge in [0, 0.05) is 31.4 Å². The number of aryl methyl sites for hydroxylation is 2. The van der Waals surface area contributed by atoms with E-state index >= 15 is 0 Å². The molecule has 1 unspecified atom stereocenters. The van der Waals surface area contributed by atoms with Gasteiger partial charge in [-0.1, -0.05) is 0 Å². The van der Waals surface area contributed by atoms with Crippen LogP contribution in [0.15, 0.2) is 18.5 Å². The van der Waals surface area contributed by atoms with Crippen molar-refractivity contribution in [2.24, 2.45) is 7.05 Å². The van der Waals surface area contributed by atoms with E-state index < -0.39 is 0 Å². The summed E-state index contributed by atoms with van der Waals surface area (Å²) in [7, 11) is 1.85. The van der Waals surface area contributed by atoms with Crippen LogP contribution in [0.2, 0.25) is 0 Å². The predicted octanol–water partition coefficient (Wildman–Crippen LogP) is 0.333. The Morgan fingerprint density at radius 3 is 3.33 bits per heavy atom. The summed E-state index contributed by atoms with van der Waals surface area (Å²) in [4.78, 5) is 11.9. The molecule has 7 nitrogen and oxygen atoms in total. The first-order valence-corrected chi connectivity index (χ1v) is 7.07. The van der Waals surface area contributed by atoms with Gasteiger partial charge >= 0.3 is 0 Å². The van der Waals surface area contributed by atoms with Crippen molar-refractivity contribution in [2.75, 3.05) is 6.61 Å². The monoisotopic (exact) mass is 289 g/mol. The van der Waals surface area contributed by atoms with Gasteiger partial charge in [-0.3, -0.25) is 14.6 Å². The highest BCUT2D eigenvalue weighted by molar-refractivity contribution is 5.77. The highest BCUT2D eigenvalue weighted by Gasteiger charge is 2.21. The van der Waals surface area contributed by atoms with Crippen molar-refractivity contribution in [3.8, 4) is 0 Å². The first-order chi connectivity index (χ1) is 10.2. The molecule has 3 rings (SSSR count). The summed E-state index contributed by atoms with van der Waals surface area (Å²) in [6.45, 7) is 0.455. The molecule has 0 fully saturated rings. The highest BCUT2D eigenvalue weighted by Crippen LogP contribution is 2.18. The molecule has 21 heavy (non-hydrogen) atoms. The van der Waals surface area contributed by atoms with E-state index in [-0.39, 0.29) is 18.6 Å². The third kappa shape index (κ3) is 3.30. The molecular weight excluding hydrogens is 270 g/mol. The van der Waals surface area contributed by atoms with Crippen LogP contribution in [0.5, 0.6) is 0 Å². The van der Waals surface area contributed by atoms with Crippen LogP contribution in [0.3, 0.4) is 0 Å². The van der Waals surface area contributed by atoms with Gasteiger partial charge in [0.1, 0.15) is 6.61 Å². The van der Waals surface area contributed by atoms with Crippen LogP contribution in [-0.2, 0) is 36.0 Å². The van der Waals surface area contributed by atoms with Crippen LogP contribution in [-0.4, -0.2) is 38.5 Å². The fraction of sp³-hybridized carbons (Fsp3) is 0.500. The lowest BCUT2D eigenvalue weighted by Crippen LogP contribution is -2.40. The third-order valence-electron chi connectivity index (χ3n) is 3.79. The molecule has 7 heteroatoms. The Hall–Kier alpha value is -2.15. The molecule has 0 aliphatic heterocycles. The molecule has 112 valence electrons. The molecule has 1 aliphatic carbocycles. The molecule has 2 aromatic rings. The number of nitrogens with one attached hydrogen (secondary N) is 2. The zero-order chi connectivity index (χ0) is 14.7. The molecule has 1 amide bonds. The average molecular weight is 289 g/mol. The van der Waals surface area contributed by atoms with Crippen molar-refractivity contribution in [3.63, 3.8) is 0 Å². The number of amides is 1. The molecule has 0 bridgehead atoms. The number of hydrogen-bond donors (Lipinski definition) is 2. The molecule has 0 saturated heterocycles. The second-order valence-corrected chi connectivity index (χ2v) is 5.32. The van der Waals surface area contributed by atoms with Gasteiger partial charge in [0.2, 0.25) is 5.91 Å². The number of fused-ring (bicyclic) bond motifs is 1. The van der Waals surface area contributed by atoms with Gasteiger partial charge < -0.3 is 10.1 Å². The maximum absolute atomic E-state index is 11.9. The Balaban J connectivity index is 1.42. The van der Waals surface area contributed by atoms with E-state index in [2.05, 4.69) is 20.6 Å². The van der Waals surface area contributed by atoms with E-state index in [4.69, 9.17) is 4.74 Å². The van der Waals surface area contributed by atoms with Gasteiger partial charge in [-0.2, -0.15) is 10.2 Å². The molecular formula is C14H19N5O2. The van der Waals surface area contributed by atoms with Crippen LogP contribution in [0.4, 0.5) is 0 Å². The fourth-order valence-electron chi connectivity index (χ4n) is 2.59. The Labute approximate surface area is 122 Å². The van der Waals surface area contributed by atoms with Crippen LogP contribution < -0.4 is 5.32 Å². The first kappa shape index (κ1) is 13.8. The average Bonchev–Trinajstić information content (AvgIpc) is 3.07. The first-order valence-electron chi connectivity index (χ1n) is 7.07. The van der Waals surface area contributed by atoms with Crippen LogP contribution in [0.25, 0.3) is 0 Å². The molecule has 2 aromatic heterocycles. The number of ether oxygens (including phenoxy) is 1. The number of nitrogens with zero attached hydrogens (tertiary/aromatic N) is 3. The van der Waals surface area contributed by atoms with Crippen molar-refractivity contribution < 1.29 is 9.53 Å². The number of hydrogen-bond acceptors (Lipinski definition) is 4. The van der Waals surface area contributed by atoms with Gasteiger partial charge in [0.05, 0.1) is 18.5 Å². The summed E-state index contributed by atoms with van der Waals surface area (Å²) in [5.74, 6) is -0.0786. The lowest BCUT2D eigenvalue weighted by atomic mass is 9.94. The van der Waals surface area contributed by atoms with Crippen molar-refractivity contribution in [3.05, 3.63) is 35.4 Å². The Kier molecular flexibility index (Phi) is 4.01. The topological polar surface area (TPSA) is 84.8 Å². The minimum absolute atomic E-state index is 0.0670. The second kappa shape index (κ2) is 6.09. The zero-order valence-electron chi connectivity index (χ0n) is 12.0. The summed E-state index contributed by atoms with van der Waals surface area (Å²) in [5, 5.41) is 14.1. The van der Waals surface area contributed by atoms with E-state index in [0.717, 1.165) is 30.7 Å². The maximum atomic E-state index is 11.9. The highest BCUT2D eigenvalue weighted by atomic mass is 16.5. The van der Waals surface area contributed by atoms with E-state index in [1.165, 1.54) is 5.56 Å².